The maximum absolute atomic E-state index is 5.84. The van der Waals surface area contributed by atoms with E-state index in [2.05, 4.69) is 9.88 Å². The quantitative estimate of drug-likeness (QED) is 0.539. The number of likely N-dealkylation sites (tertiary alicyclic amines) is 1. The Labute approximate surface area is 117 Å². The molecule has 7 heteroatoms. The average Bonchev–Trinajstić information content (AvgIpc) is 2.75. The van der Waals surface area contributed by atoms with Gasteiger partial charge in [0.05, 0.1) is 0 Å². The minimum absolute atomic E-state index is 0.584. The Morgan fingerprint density at radius 1 is 1.58 bits per heavy atom. The SMILES string of the molecule is N/C=C\N(N)CC1CCCN(Cc2cnc(N)s2)C1. The molecule has 0 saturated carbocycles. The summed E-state index contributed by atoms with van der Waals surface area (Å²) < 4.78 is 0. The highest BCUT2D eigenvalue weighted by molar-refractivity contribution is 7.15. The molecule has 1 aliphatic rings. The highest BCUT2D eigenvalue weighted by Crippen LogP contribution is 2.22. The molecule has 1 aromatic rings. The first-order chi connectivity index (χ1) is 9.17. The van der Waals surface area contributed by atoms with Crippen LogP contribution < -0.4 is 17.3 Å². The summed E-state index contributed by atoms with van der Waals surface area (Å²) in [6.45, 7) is 3.97. The summed E-state index contributed by atoms with van der Waals surface area (Å²) in [7, 11) is 0. The third-order valence-corrected chi connectivity index (χ3v) is 4.11. The van der Waals surface area contributed by atoms with Crippen molar-refractivity contribution in [1.82, 2.24) is 14.9 Å². The van der Waals surface area contributed by atoms with Gasteiger partial charge in [-0.25, -0.2) is 10.8 Å². The summed E-state index contributed by atoms with van der Waals surface area (Å²) in [6.07, 6.45) is 7.48. The molecule has 6 nitrogen and oxygen atoms in total. The second kappa shape index (κ2) is 6.74. The fourth-order valence-corrected chi connectivity index (χ4v) is 3.26. The van der Waals surface area contributed by atoms with Crippen LogP contribution in [0.5, 0.6) is 0 Å². The molecule has 106 valence electrons. The number of nitrogens with two attached hydrogens (primary N) is 3. The first-order valence-corrected chi connectivity index (χ1v) is 7.31. The van der Waals surface area contributed by atoms with Gasteiger partial charge in [-0.2, -0.15) is 0 Å². The molecule has 0 aromatic carbocycles. The van der Waals surface area contributed by atoms with Crippen molar-refractivity contribution in [2.45, 2.75) is 19.4 Å². The second-order valence-corrected chi connectivity index (χ2v) is 6.09. The number of rotatable bonds is 5. The van der Waals surface area contributed by atoms with Gasteiger partial charge in [-0.15, -0.1) is 11.3 Å². The molecule has 1 atom stereocenters. The van der Waals surface area contributed by atoms with Crippen molar-refractivity contribution in [2.75, 3.05) is 25.4 Å². The van der Waals surface area contributed by atoms with Gasteiger partial charge in [0.25, 0.3) is 0 Å². The topological polar surface area (TPSA) is 97.4 Å². The number of hydrogen-bond acceptors (Lipinski definition) is 7. The van der Waals surface area contributed by atoms with E-state index in [1.54, 1.807) is 22.5 Å². The van der Waals surface area contributed by atoms with Crippen LogP contribution in [-0.2, 0) is 6.54 Å². The number of anilines is 1. The fraction of sp³-hybridized carbons (Fsp3) is 0.583. The molecule has 0 bridgehead atoms. The first kappa shape index (κ1) is 14.1. The summed E-state index contributed by atoms with van der Waals surface area (Å²) in [5.41, 5.74) is 11.0. The Hall–Kier alpha value is -1.31. The van der Waals surface area contributed by atoms with Crippen LogP contribution in [0.1, 0.15) is 17.7 Å². The zero-order valence-corrected chi connectivity index (χ0v) is 11.9. The van der Waals surface area contributed by atoms with E-state index in [0.717, 1.165) is 26.2 Å². The lowest BCUT2D eigenvalue weighted by Gasteiger charge is -2.33. The van der Waals surface area contributed by atoms with Crippen LogP contribution in [0.3, 0.4) is 0 Å². The molecule has 1 saturated heterocycles. The molecule has 2 rings (SSSR count). The van der Waals surface area contributed by atoms with Crippen molar-refractivity contribution < 1.29 is 0 Å². The maximum atomic E-state index is 5.84. The predicted octanol–water partition coefficient (Wildman–Crippen LogP) is 0.543. The highest BCUT2D eigenvalue weighted by atomic mass is 32.1. The van der Waals surface area contributed by atoms with Gasteiger partial charge < -0.3 is 16.5 Å². The molecular formula is C12H22N6S. The molecular weight excluding hydrogens is 260 g/mol. The minimum atomic E-state index is 0.584. The van der Waals surface area contributed by atoms with Crippen LogP contribution in [-0.4, -0.2) is 34.5 Å². The summed E-state index contributed by atoms with van der Waals surface area (Å²) in [5, 5.41) is 2.31. The van der Waals surface area contributed by atoms with Gasteiger partial charge in [-0.05, 0) is 25.3 Å². The summed E-state index contributed by atoms with van der Waals surface area (Å²) in [6, 6.07) is 0. The van der Waals surface area contributed by atoms with Crippen LogP contribution >= 0.6 is 11.3 Å². The second-order valence-electron chi connectivity index (χ2n) is 4.95. The number of nitrogen functional groups attached to an aromatic ring is 1. The molecule has 6 N–H and O–H groups in total. The van der Waals surface area contributed by atoms with Crippen molar-refractivity contribution >= 4 is 16.5 Å². The molecule has 0 aliphatic carbocycles. The van der Waals surface area contributed by atoms with E-state index in [-0.39, 0.29) is 0 Å². The highest BCUT2D eigenvalue weighted by Gasteiger charge is 2.21. The molecule has 1 aliphatic heterocycles. The molecule has 2 heterocycles. The maximum Gasteiger partial charge on any atom is 0.180 e. The Morgan fingerprint density at radius 2 is 2.42 bits per heavy atom. The van der Waals surface area contributed by atoms with Crippen LogP contribution in [0.15, 0.2) is 18.6 Å². The van der Waals surface area contributed by atoms with Crippen molar-refractivity contribution in [1.29, 1.82) is 0 Å². The zero-order valence-electron chi connectivity index (χ0n) is 11.0. The Bertz CT molecular complexity index is 418. The minimum Gasteiger partial charge on any atom is -0.403 e. The van der Waals surface area contributed by atoms with E-state index in [9.17, 15) is 0 Å². The molecule has 1 unspecified atom stereocenters. The Morgan fingerprint density at radius 3 is 3.11 bits per heavy atom. The van der Waals surface area contributed by atoms with Crippen LogP contribution in [0.4, 0.5) is 5.13 Å². The van der Waals surface area contributed by atoms with E-state index < -0.39 is 0 Å². The van der Waals surface area contributed by atoms with Gasteiger partial charge in [0.15, 0.2) is 5.13 Å². The van der Waals surface area contributed by atoms with E-state index in [1.807, 2.05) is 6.20 Å². The van der Waals surface area contributed by atoms with Gasteiger partial charge in [0, 0.05) is 43.1 Å². The largest absolute Gasteiger partial charge is 0.403 e. The molecule has 0 radical (unpaired) electrons. The van der Waals surface area contributed by atoms with Crippen molar-refractivity contribution in [3.63, 3.8) is 0 Å². The van der Waals surface area contributed by atoms with E-state index >= 15 is 0 Å². The monoisotopic (exact) mass is 282 g/mol. The van der Waals surface area contributed by atoms with Gasteiger partial charge in [-0.3, -0.25) is 4.90 Å². The van der Waals surface area contributed by atoms with Gasteiger partial charge in [0.2, 0.25) is 0 Å². The molecule has 19 heavy (non-hydrogen) atoms. The number of thiazole rings is 1. The zero-order chi connectivity index (χ0) is 13.7. The number of piperidine rings is 1. The van der Waals surface area contributed by atoms with Gasteiger partial charge >= 0.3 is 0 Å². The van der Waals surface area contributed by atoms with Crippen molar-refractivity contribution in [3.05, 3.63) is 23.5 Å². The van der Waals surface area contributed by atoms with Gasteiger partial charge in [-0.1, -0.05) is 0 Å². The number of aromatic nitrogens is 1. The fourth-order valence-electron chi connectivity index (χ4n) is 2.53. The van der Waals surface area contributed by atoms with Crippen molar-refractivity contribution in [2.24, 2.45) is 17.5 Å². The van der Waals surface area contributed by atoms with E-state index in [0.29, 0.717) is 11.0 Å². The Balaban J connectivity index is 1.83. The lowest BCUT2D eigenvalue weighted by Crippen LogP contribution is -2.41. The third-order valence-electron chi connectivity index (χ3n) is 3.30. The van der Waals surface area contributed by atoms with Crippen LogP contribution in [0.2, 0.25) is 0 Å². The predicted molar refractivity (Wildman–Crippen MR) is 78.7 cm³/mol. The van der Waals surface area contributed by atoms with E-state index in [4.69, 9.17) is 17.3 Å². The number of hydrogen-bond donors (Lipinski definition) is 3. The molecule has 0 amide bonds. The lowest BCUT2D eigenvalue weighted by molar-refractivity contribution is 0.145. The van der Waals surface area contributed by atoms with Crippen LogP contribution in [0.25, 0.3) is 0 Å². The molecule has 1 fully saturated rings. The average molecular weight is 282 g/mol. The summed E-state index contributed by atoms with van der Waals surface area (Å²) in [5.74, 6) is 6.42. The molecule has 1 aromatic heterocycles. The standard InChI is InChI=1S/C12H22N6S/c13-3-5-18(15)8-10-2-1-4-17(7-10)9-11-6-16-12(14)19-11/h3,5-6,10H,1-2,4,7-9,13,15H2,(H2,14,16)/b5-3-. The number of hydrazine groups is 1. The normalized spacial score (nSPS) is 21.0. The molecule has 0 spiro atoms. The van der Waals surface area contributed by atoms with E-state index in [1.165, 1.54) is 23.9 Å². The van der Waals surface area contributed by atoms with Crippen molar-refractivity contribution in [3.8, 4) is 0 Å². The van der Waals surface area contributed by atoms with Gasteiger partial charge in [0.1, 0.15) is 0 Å². The van der Waals surface area contributed by atoms with Crippen LogP contribution in [0, 0.1) is 5.92 Å². The smallest absolute Gasteiger partial charge is 0.180 e. The first-order valence-electron chi connectivity index (χ1n) is 6.49. The summed E-state index contributed by atoms with van der Waals surface area (Å²) >= 11 is 1.57. The lowest BCUT2D eigenvalue weighted by atomic mass is 9.98. The number of nitrogens with zero attached hydrogens (tertiary/aromatic N) is 3. The Kier molecular flexibility index (Phi) is 5.00. The summed E-state index contributed by atoms with van der Waals surface area (Å²) in [4.78, 5) is 7.76. The third kappa shape index (κ3) is 4.38.